The lowest BCUT2D eigenvalue weighted by Gasteiger charge is -2.31. The van der Waals surface area contributed by atoms with Gasteiger partial charge in [-0.05, 0) is 51.0 Å². The van der Waals surface area contributed by atoms with Gasteiger partial charge in [0.25, 0.3) is 0 Å². The van der Waals surface area contributed by atoms with Gasteiger partial charge in [-0.1, -0.05) is 19.3 Å². The zero-order valence-electron chi connectivity index (χ0n) is 11.7. The molecule has 18 heavy (non-hydrogen) atoms. The molecule has 1 aliphatic carbocycles. The molecule has 3 heteroatoms. The topological polar surface area (TPSA) is 49.5 Å². The molecule has 3 N–H and O–H groups in total. The van der Waals surface area contributed by atoms with E-state index in [9.17, 15) is 0 Å². The lowest BCUT2D eigenvalue weighted by molar-refractivity contribution is 0.175. The highest BCUT2D eigenvalue weighted by molar-refractivity contribution is 4.85. The van der Waals surface area contributed by atoms with Crippen LogP contribution < -0.4 is 5.73 Å². The molecule has 1 heterocycles. The highest BCUT2D eigenvalue weighted by atomic mass is 16.2. The summed E-state index contributed by atoms with van der Waals surface area (Å²) in [5.41, 5.74) is 6.34. The van der Waals surface area contributed by atoms with Crippen molar-refractivity contribution in [3.05, 3.63) is 0 Å². The average molecular weight is 254 g/mol. The summed E-state index contributed by atoms with van der Waals surface area (Å²) < 4.78 is 0. The van der Waals surface area contributed by atoms with Crippen molar-refractivity contribution >= 4 is 0 Å². The summed E-state index contributed by atoms with van der Waals surface area (Å²) in [5.74, 6) is 0.710. The number of hydrogen-bond donors (Lipinski definition) is 2. The Morgan fingerprint density at radius 1 is 1.06 bits per heavy atom. The largest absolute Gasteiger partial charge is 0.396 e. The maximum absolute atomic E-state index is 8.98. The fourth-order valence-electron chi connectivity index (χ4n) is 3.73. The standard InChI is InChI=1S/C15H30N2O/c16-15-9-3-1-2-6-13(15)12-17-10-4-7-14(17)8-5-11-18/h13-15,18H,1-12,16H2. The third-order valence-electron chi connectivity index (χ3n) is 4.88. The first kappa shape index (κ1) is 14.3. The first-order valence-corrected chi connectivity index (χ1v) is 7.91. The van der Waals surface area contributed by atoms with E-state index in [1.54, 1.807) is 0 Å². The molecule has 1 aliphatic heterocycles. The molecule has 0 aromatic rings. The molecule has 1 saturated carbocycles. The zero-order valence-corrected chi connectivity index (χ0v) is 11.7. The van der Waals surface area contributed by atoms with Gasteiger partial charge in [-0.3, -0.25) is 0 Å². The summed E-state index contributed by atoms with van der Waals surface area (Å²) in [6.45, 7) is 2.80. The Hall–Kier alpha value is -0.120. The van der Waals surface area contributed by atoms with Gasteiger partial charge in [0, 0.05) is 25.2 Å². The minimum atomic E-state index is 0.341. The van der Waals surface area contributed by atoms with Gasteiger partial charge in [-0.15, -0.1) is 0 Å². The second-order valence-electron chi connectivity index (χ2n) is 6.22. The Morgan fingerprint density at radius 2 is 1.89 bits per heavy atom. The van der Waals surface area contributed by atoms with Crippen LogP contribution in [-0.2, 0) is 0 Å². The van der Waals surface area contributed by atoms with E-state index in [1.807, 2.05) is 0 Å². The zero-order chi connectivity index (χ0) is 12.8. The van der Waals surface area contributed by atoms with Gasteiger partial charge in [0.05, 0.1) is 0 Å². The Bertz CT molecular complexity index is 235. The molecule has 3 atom stereocenters. The van der Waals surface area contributed by atoms with Crippen molar-refractivity contribution < 1.29 is 5.11 Å². The second-order valence-corrected chi connectivity index (χ2v) is 6.22. The van der Waals surface area contributed by atoms with E-state index in [4.69, 9.17) is 10.8 Å². The van der Waals surface area contributed by atoms with Crippen molar-refractivity contribution in [2.24, 2.45) is 11.7 Å². The normalized spacial score (nSPS) is 34.7. The molecular weight excluding hydrogens is 224 g/mol. The van der Waals surface area contributed by atoms with E-state index < -0.39 is 0 Å². The van der Waals surface area contributed by atoms with Crippen molar-refractivity contribution in [1.82, 2.24) is 4.90 Å². The predicted octanol–water partition coefficient (Wildman–Crippen LogP) is 2.13. The predicted molar refractivity (Wildman–Crippen MR) is 75.5 cm³/mol. The molecule has 2 aliphatic rings. The summed E-state index contributed by atoms with van der Waals surface area (Å²) >= 11 is 0. The first-order valence-electron chi connectivity index (χ1n) is 7.91. The smallest absolute Gasteiger partial charge is 0.0431 e. The van der Waals surface area contributed by atoms with Gasteiger partial charge < -0.3 is 15.7 Å². The van der Waals surface area contributed by atoms with Crippen molar-refractivity contribution in [3.8, 4) is 0 Å². The molecule has 0 aromatic carbocycles. The van der Waals surface area contributed by atoms with Crippen molar-refractivity contribution in [2.75, 3.05) is 19.7 Å². The van der Waals surface area contributed by atoms with Crippen LogP contribution in [0.3, 0.4) is 0 Å². The molecule has 3 nitrogen and oxygen atoms in total. The van der Waals surface area contributed by atoms with Crippen molar-refractivity contribution in [1.29, 1.82) is 0 Å². The fourth-order valence-corrected chi connectivity index (χ4v) is 3.73. The number of aliphatic hydroxyl groups is 1. The summed E-state index contributed by atoms with van der Waals surface area (Å²) in [7, 11) is 0. The molecule has 0 amide bonds. The lowest BCUT2D eigenvalue weighted by Crippen LogP contribution is -2.41. The minimum Gasteiger partial charge on any atom is -0.396 e. The minimum absolute atomic E-state index is 0.341. The van der Waals surface area contributed by atoms with Gasteiger partial charge in [0.1, 0.15) is 0 Å². The number of rotatable bonds is 5. The van der Waals surface area contributed by atoms with Crippen LogP contribution in [0.2, 0.25) is 0 Å². The fraction of sp³-hybridized carbons (Fsp3) is 1.00. The van der Waals surface area contributed by atoms with Crippen LogP contribution in [0.4, 0.5) is 0 Å². The third-order valence-corrected chi connectivity index (χ3v) is 4.88. The summed E-state index contributed by atoms with van der Waals surface area (Å²) in [6, 6.07) is 1.14. The summed E-state index contributed by atoms with van der Waals surface area (Å²) in [5, 5.41) is 8.98. The van der Waals surface area contributed by atoms with Crippen molar-refractivity contribution in [2.45, 2.75) is 69.9 Å². The second kappa shape index (κ2) is 7.46. The van der Waals surface area contributed by atoms with Crippen LogP contribution in [0.5, 0.6) is 0 Å². The number of aliphatic hydroxyl groups excluding tert-OH is 1. The first-order chi connectivity index (χ1) is 8.81. The lowest BCUT2D eigenvalue weighted by atomic mass is 9.94. The molecular formula is C15H30N2O. The van der Waals surface area contributed by atoms with Gasteiger partial charge in [-0.25, -0.2) is 0 Å². The van der Waals surface area contributed by atoms with Crippen LogP contribution in [0.25, 0.3) is 0 Å². The van der Waals surface area contributed by atoms with E-state index in [0.29, 0.717) is 24.6 Å². The molecule has 0 bridgehead atoms. The van der Waals surface area contributed by atoms with Gasteiger partial charge >= 0.3 is 0 Å². The molecule has 1 saturated heterocycles. The molecule has 0 radical (unpaired) electrons. The van der Waals surface area contributed by atoms with E-state index in [2.05, 4.69) is 4.90 Å². The van der Waals surface area contributed by atoms with Crippen LogP contribution in [0.1, 0.15) is 57.8 Å². The molecule has 0 aromatic heterocycles. The highest BCUT2D eigenvalue weighted by Crippen LogP contribution is 2.27. The molecule has 2 rings (SSSR count). The van der Waals surface area contributed by atoms with E-state index >= 15 is 0 Å². The number of likely N-dealkylation sites (tertiary alicyclic amines) is 1. The van der Waals surface area contributed by atoms with Crippen LogP contribution in [0, 0.1) is 5.92 Å². The highest BCUT2D eigenvalue weighted by Gasteiger charge is 2.29. The van der Waals surface area contributed by atoms with Crippen molar-refractivity contribution in [3.63, 3.8) is 0 Å². The number of hydrogen-bond acceptors (Lipinski definition) is 3. The molecule has 3 unspecified atom stereocenters. The average Bonchev–Trinajstić information content (AvgIpc) is 2.71. The SMILES string of the molecule is NC1CCCCCC1CN1CCCC1CCCO. The van der Waals surface area contributed by atoms with Crippen LogP contribution >= 0.6 is 0 Å². The van der Waals surface area contributed by atoms with Gasteiger partial charge in [0.15, 0.2) is 0 Å². The number of nitrogens with zero attached hydrogens (tertiary/aromatic N) is 1. The Kier molecular flexibility index (Phi) is 5.93. The van der Waals surface area contributed by atoms with E-state index in [1.165, 1.54) is 64.5 Å². The Labute approximate surface area is 112 Å². The summed E-state index contributed by atoms with van der Waals surface area (Å²) in [4.78, 5) is 2.66. The third kappa shape index (κ3) is 3.94. The van der Waals surface area contributed by atoms with Crippen LogP contribution in [0.15, 0.2) is 0 Å². The summed E-state index contributed by atoms with van der Waals surface area (Å²) in [6.07, 6.45) is 11.4. The van der Waals surface area contributed by atoms with Gasteiger partial charge in [0.2, 0.25) is 0 Å². The quantitative estimate of drug-likeness (QED) is 0.739. The monoisotopic (exact) mass is 254 g/mol. The maximum atomic E-state index is 8.98. The van der Waals surface area contributed by atoms with Gasteiger partial charge in [-0.2, -0.15) is 0 Å². The van der Waals surface area contributed by atoms with E-state index in [-0.39, 0.29) is 0 Å². The Balaban J connectivity index is 1.82. The van der Waals surface area contributed by atoms with Crippen LogP contribution in [-0.4, -0.2) is 41.8 Å². The number of nitrogens with two attached hydrogens (primary N) is 1. The maximum Gasteiger partial charge on any atom is 0.0431 e. The molecule has 0 spiro atoms. The molecule has 106 valence electrons. The molecule has 2 fully saturated rings. The van der Waals surface area contributed by atoms with E-state index in [0.717, 1.165) is 6.42 Å². The Morgan fingerprint density at radius 3 is 2.72 bits per heavy atom.